The van der Waals surface area contributed by atoms with Gasteiger partial charge in [0.15, 0.2) is 10.8 Å². The Morgan fingerprint density at radius 3 is 2.74 bits per heavy atom. The number of carboxylic acids is 1. The number of allylic oxidation sites excluding steroid dienone is 4. The number of aliphatic imine (C=N–C) groups is 1. The Bertz CT molecular complexity index is 2150. The van der Waals surface area contributed by atoms with Gasteiger partial charge in [-0.2, -0.15) is 0 Å². The monoisotopic (exact) mass is 756 g/mol. The van der Waals surface area contributed by atoms with Crippen LogP contribution in [0.4, 0.5) is 15.2 Å². The number of fused-ring (bicyclic) bond motifs is 1. The third-order valence-electron chi connectivity index (χ3n) is 8.20. The maximum absolute atomic E-state index is 15.4. The van der Waals surface area contributed by atoms with Crippen molar-refractivity contribution < 1.29 is 28.7 Å². The maximum Gasteiger partial charge on any atom is 0.352 e. The van der Waals surface area contributed by atoms with Crippen molar-refractivity contribution in [3.63, 3.8) is 0 Å². The van der Waals surface area contributed by atoms with E-state index in [2.05, 4.69) is 25.8 Å². The lowest BCUT2D eigenvalue weighted by atomic mass is 10.0. The van der Waals surface area contributed by atoms with Gasteiger partial charge >= 0.3 is 5.97 Å². The quantitative estimate of drug-likeness (QED) is 0.0778. The van der Waals surface area contributed by atoms with E-state index < -0.39 is 35.0 Å². The smallest absolute Gasteiger partial charge is 0.352 e. The minimum absolute atomic E-state index is 0.0195. The minimum Gasteiger partial charge on any atom is -0.477 e. The number of anilines is 2. The Hall–Kier alpha value is -6.14. The first-order valence-electron chi connectivity index (χ1n) is 16.0. The number of carbonyl (C=O) groups excluding carboxylic acids is 2. The van der Waals surface area contributed by atoms with Crippen LogP contribution in [-0.4, -0.2) is 90.7 Å². The van der Waals surface area contributed by atoms with Crippen LogP contribution in [-0.2, 0) is 25.8 Å². The molecular weight excluding hydrogens is 724 g/mol. The highest BCUT2D eigenvalue weighted by atomic mass is 32.2. The number of nitrogen functional groups attached to an aromatic ring is 1. The molecule has 0 aliphatic carbocycles. The van der Waals surface area contributed by atoms with Gasteiger partial charge in [0.2, 0.25) is 0 Å². The van der Waals surface area contributed by atoms with Crippen LogP contribution in [0.5, 0.6) is 0 Å². The third kappa shape index (κ3) is 7.87. The van der Waals surface area contributed by atoms with E-state index in [-0.39, 0.29) is 46.9 Å². The van der Waals surface area contributed by atoms with E-state index in [4.69, 9.17) is 21.0 Å². The van der Waals surface area contributed by atoms with Crippen molar-refractivity contribution in [3.05, 3.63) is 118 Å². The molecule has 6 rings (SSSR count). The number of rotatable bonds is 12. The number of pyridine rings is 1. The first kappa shape index (κ1) is 36.6. The van der Waals surface area contributed by atoms with E-state index >= 15 is 4.39 Å². The molecule has 0 spiro atoms. The second-order valence-corrected chi connectivity index (χ2v) is 13.6. The summed E-state index contributed by atoms with van der Waals surface area (Å²) in [5, 5.41) is 28.9. The largest absolute Gasteiger partial charge is 0.477 e. The Labute approximate surface area is 311 Å². The van der Waals surface area contributed by atoms with Crippen LogP contribution >= 0.6 is 23.1 Å². The number of nitrogens with zero attached hydrogens (tertiary/aromatic N) is 6. The van der Waals surface area contributed by atoms with E-state index in [1.807, 2.05) is 30.1 Å². The highest BCUT2D eigenvalue weighted by Gasteiger charge is 2.54. The predicted octanol–water partition coefficient (Wildman–Crippen LogP) is 3.72. The number of carboxylic acid groups (broad SMARTS) is 1. The van der Waals surface area contributed by atoms with E-state index in [1.165, 1.54) is 30.3 Å². The fourth-order valence-corrected chi connectivity index (χ4v) is 7.55. The summed E-state index contributed by atoms with van der Waals surface area (Å²) in [4.78, 5) is 59.4. The van der Waals surface area contributed by atoms with E-state index in [1.54, 1.807) is 48.9 Å². The fourth-order valence-electron chi connectivity index (χ4n) is 5.67. The van der Waals surface area contributed by atoms with Crippen LogP contribution in [0.1, 0.15) is 23.7 Å². The van der Waals surface area contributed by atoms with Crippen molar-refractivity contribution in [2.24, 2.45) is 10.1 Å². The van der Waals surface area contributed by atoms with Gasteiger partial charge in [-0.3, -0.25) is 29.9 Å². The minimum atomic E-state index is -1.29. The number of benzene rings is 1. The lowest BCUT2D eigenvalue weighted by Gasteiger charge is -2.49. The summed E-state index contributed by atoms with van der Waals surface area (Å²) >= 11 is 2.41. The van der Waals surface area contributed by atoms with Gasteiger partial charge < -0.3 is 31.2 Å². The highest BCUT2D eigenvalue weighted by molar-refractivity contribution is 8.00. The van der Waals surface area contributed by atoms with Gasteiger partial charge in [0, 0.05) is 46.5 Å². The summed E-state index contributed by atoms with van der Waals surface area (Å²) in [5.74, 6) is -2.81. The third-order valence-corrected chi connectivity index (χ3v) is 10.2. The zero-order valence-electron chi connectivity index (χ0n) is 28.3. The molecule has 53 heavy (non-hydrogen) atoms. The number of oxime groups is 1. The molecule has 0 radical (unpaired) electrons. The molecule has 3 aliphatic rings. The number of nitrogens with two attached hydrogens (primary N) is 1. The number of amidine groups is 1. The number of aromatic nitrogens is 2. The number of thiazole rings is 1. The normalized spacial score (nSPS) is 19.9. The van der Waals surface area contributed by atoms with Gasteiger partial charge in [-0.15, -0.1) is 23.1 Å². The summed E-state index contributed by atoms with van der Waals surface area (Å²) in [6.07, 6.45) is 12.2. The number of halogens is 1. The maximum atomic E-state index is 15.4. The summed E-state index contributed by atoms with van der Waals surface area (Å²) in [6, 6.07) is 7.01. The summed E-state index contributed by atoms with van der Waals surface area (Å²) in [6.45, 7) is 2.00. The predicted molar refractivity (Wildman–Crippen MR) is 201 cm³/mol. The molecule has 0 bridgehead atoms. The van der Waals surface area contributed by atoms with Crippen LogP contribution in [0.15, 0.2) is 106 Å². The SMILES string of the molecule is C\C=C/C=C1\C(=N\CC2=C(C(=O)O)N3C(=O)[C@@H](NC(=O)/C(=N\OC)c4csc(N)n4)[C@H]3SC2)C=CN1Cc1ccc(C(=N)Nc2ccncc2)cc1F. The molecule has 5 heterocycles. The molecule has 2 amide bonds. The summed E-state index contributed by atoms with van der Waals surface area (Å²) < 4.78 is 15.4. The number of amides is 2. The number of hydrogen-bond donors (Lipinski definition) is 5. The second kappa shape index (κ2) is 16.0. The average Bonchev–Trinajstić information content (AvgIpc) is 3.76. The van der Waals surface area contributed by atoms with Gasteiger partial charge in [-0.25, -0.2) is 14.2 Å². The van der Waals surface area contributed by atoms with Gasteiger partial charge in [0.25, 0.3) is 11.8 Å². The molecular formula is C35H33FN10O5S2. The topological polar surface area (TPSA) is 212 Å². The first-order chi connectivity index (χ1) is 25.6. The molecule has 3 aromatic rings. The molecule has 0 saturated carbocycles. The van der Waals surface area contributed by atoms with Crippen molar-refractivity contribution in [2.75, 3.05) is 30.5 Å². The lowest BCUT2D eigenvalue weighted by molar-refractivity contribution is -0.150. The molecule has 2 aromatic heterocycles. The number of β-lactam (4-membered cyclic amide) rings is 1. The van der Waals surface area contributed by atoms with Crippen molar-refractivity contribution in [3.8, 4) is 0 Å². The number of nitrogens with one attached hydrogen (secondary N) is 3. The van der Waals surface area contributed by atoms with Gasteiger partial charge in [-0.05, 0) is 42.8 Å². The van der Waals surface area contributed by atoms with Crippen molar-refractivity contribution in [1.29, 1.82) is 5.41 Å². The molecule has 1 aromatic carbocycles. The van der Waals surface area contributed by atoms with E-state index in [0.29, 0.717) is 33.8 Å². The fraction of sp³-hybridized carbons (Fsp3) is 0.200. The molecule has 18 heteroatoms. The average molecular weight is 757 g/mol. The zero-order valence-corrected chi connectivity index (χ0v) is 29.9. The van der Waals surface area contributed by atoms with E-state index in [9.17, 15) is 19.5 Å². The van der Waals surface area contributed by atoms with Gasteiger partial charge in [0.05, 0.1) is 24.5 Å². The summed E-state index contributed by atoms with van der Waals surface area (Å²) in [7, 11) is 1.26. The molecule has 3 aliphatic heterocycles. The number of thioether (sulfide) groups is 1. The highest BCUT2D eigenvalue weighted by Crippen LogP contribution is 2.40. The number of aliphatic carboxylic acids is 1. The van der Waals surface area contributed by atoms with Gasteiger partial charge in [0.1, 0.15) is 41.6 Å². The Morgan fingerprint density at radius 1 is 1.26 bits per heavy atom. The zero-order chi connectivity index (χ0) is 37.6. The van der Waals surface area contributed by atoms with Crippen LogP contribution in [0.25, 0.3) is 0 Å². The number of carbonyl (C=O) groups is 3. The van der Waals surface area contributed by atoms with Crippen molar-refractivity contribution in [1.82, 2.24) is 25.1 Å². The van der Waals surface area contributed by atoms with Crippen LogP contribution < -0.4 is 16.4 Å². The molecule has 1 fully saturated rings. The molecule has 0 unspecified atom stereocenters. The molecule has 15 nitrogen and oxygen atoms in total. The Morgan fingerprint density at radius 2 is 2.06 bits per heavy atom. The van der Waals surface area contributed by atoms with Crippen molar-refractivity contribution in [2.45, 2.75) is 24.9 Å². The van der Waals surface area contributed by atoms with Crippen molar-refractivity contribution >= 4 is 69.0 Å². The first-order valence-corrected chi connectivity index (χ1v) is 17.9. The molecule has 2 atom stereocenters. The second-order valence-electron chi connectivity index (χ2n) is 11.6. The van der Waals surface area contributed by atoms with Crippen LogP contribution in [0.2, 0.25) is 0 Å². The molecule has 6 N–H and O–H groups in total. The van der Waals surface area contributed by atoms with Crippen LogP contribution in [0, 0.1) is 11.2 Å². The Balaban J connectivity index is 1.15. The van der Waals surface area contributed by atoms with Crippen LogP contribution in [0.3, 0.4) is 0 Å². The summed E-state index contributed by atoms with van der Waals surface area (Å²) in [5.41, 5.74) is 8.57. The van der Waals surface area contributed by atoms with E-state index in [0.717, 1.165) is 16.2 Å². The molecule has 272 valence electrons. The Kier molecular flexibility index (Phi) is 11.1. The lowest BCUT2D eigenvalue weighted by Crippen LogP contribution is -2.71. The molecule has 1 saturated heterocycles. The number of hydrogen-bond acceptors (Lipinski definition) is 13. The standard InChI is InChI=1S/C35H33FN10O5S2/c1-3-4-5-26-24(10-13-45(26)16-20-7-6-19(14-23(20)36)30(37)41-22-8-11-39-12-9-22)40-15-21-17-52-33-28(32(48)46(33)29(21)34(49)50)43-31(47)27(44-51-2)25-18-53-35(38)42-25/h3-14,18,28,33H,15-17H2,1-2H3,(H2,38,42)(H,43,47)(H,49,50)(H2,37,39,41)/b4-3-,26-5+,40-24+,44-27-/t28-,33-/m1/s1. The van der Waals surface area contributed by atoms with Gasteiger partial charge in [-0.1, -0.05) is 29.4 Å².